The predicted octanol–water partition coefficient (Wildman–Crippen LogP) is 4.71. The molecule has 0 N–H and O–H groups in total. The van der Waals surface area contributed by atoms with Crippen molar-refractivity contribution < 1.29 is 13.9 Å². The van der Waals surface area contributed by atoms with Gasteiger partial charge in [0.2, 0.25) is 5.89 Å². The number of esters is 1. The lowest BCUT2D eigenvalue weighted by atomic mass is 10.1. The third kappa shape index (κ3) is 3.80. The quantitative estimate of drug-likeness (QED) is 0.262. The van der Waals surface area contributed by atoms with Crippen molar-refractivity contribution in [1.82, 2.24) is 14.8 Å². The molecule has 7 nitrogen and oxygen atoms in total. The highest BCUT2D eigenvalue weighted by atomic mass is 79.9. The Morgan fingerprint density at radius 1 is 0.906 bits per heavy atom. The van der Waals surface area contributed by atoms with E-state index in [1.165, 1.54) is 0 Å². The van der Waals surface area contributed by atoms with Gasteiger partial charge in [-0.25, -0.2) is 0 Å². The molecule has 0 amide bonds. The predicted molar refractivity (Wildman–Crippen MR) is 123 cm³/mol. The maximum Gasteiger partial charge on any atom is 0.326 e. The highest BCUT2D eigenvalue weighted by Crippen LogP contribution is 2.21. The molecule has 0 aliphatic rings. The van der Waals surface area contributed by atoms with Gasteiger partial charge < -0.3 is 13.7 Å². The van der Waals surface area contributed by atoms with Gasteiger partial charge in [0, 0.05) is 20.8 Å². The van der Waals surface area contributed by atoms with Crippen molar-refractivity contribution >= 4 is 43.7 Å². The second-order valence-electron chi connectivity index (χ2n) is 7.12. The Kier molecular flexibility index (Phi) is 5.28. The first kappa shape index (κ1) is 20.1. The van der Waals surface area contributed by atoms with E-state index in [4.69, 9.17) is 9.15 Å². The van der Waals surface area contributed by atoms with Gasteiger partial charge in [0.25, 0.3) is 5.89 Å². The average Bonchev–Trinajstić information content (AvgIpc) is 3.30. The highest BCUT2D eigenvalue weighted by Gasteiger charge is 2.15. The number of fused-ring (bicyclic) bond motifs is 2. The van der Waals surface area contributed by atoms with Gasteiger partial charge in [-0.05, 0) is 48.5 Å². The van der Waals surface area contributed by atoms with Crippen LogP contribution in [0.2, 0.25) is 0 Å². The van der Waals surface area contributed by atoms with Crippen LogP contribution in [-0.2, 0) is 22.7 Å². The summed E-state index contributed by atoms with van der Waals surface area (Å²) in [4.78, 5) is 25.5. The Bertz CT molecular complexity index is 1450. The van der Waals surface area contributed by atoms with Gasteiger partial charge in [-0.1, -0.05) is 40.2 Å². The first-order valence-electron chi connectivity index (χ1n) is 9.84. The number of carbonyl (C=O) groups excluding carboxylic acids is 1. The van der Waals surface area contributed by atoms with Crippen LogP contribution in [0.3, 0.4) is 0 Å². The fraction of sp³-hybridized carbons (Fsp3) is 0.0833. The molecule has 2 aromatic heterocycles. The number of pyridine rings is 1. The molecule has 0 atom stereocenters. The van der Waals surface area contributed by atoms with Crippen LogP contribution in [0.4, 0.5) is 0 Å². The van der Waals surface area contributed by atoms with E-state index in [0.717, 1.165) is 10.0 Å². The summed E-state index contributed by atoms with van der Waals surface area (Å²) in [6, 6.07) is 21.9. The van der Waals surface area contributed by atoms with E-state index in [0.29, 0.717) is 27.7 Å². The van der Waals surface area contributed by atoms with Crippen LogP contribution in [0, 0.1) is 0 Å². The van der Waals surface area contributed by atoms with Crippen molar-refractivity contribution in [3.63, 3.8) is 0 Å². The molecule has 5 rings (SSSR count). The van der Waals surface area contributed by atoms with Gasteiger partial charge in [0.1, 0.15) is 6.54 Å². The minimum Gasteiger partial charge on any atom is -0.454 e. The summed E-state index contributed by atoms with van der Waals surface area (Å²) in [5, 5.41) is 9.06. The lowest BCUT2D eigenvalue weighted by Crippen LogP contribution is -2.18. The SMILES string of the molecule is O=C(Cn1c2ccccc2c(=O)c2ccccc21)OCc1nnc(-c2ccc(Br)cc2)o1. The Morgan fingerprint density at radius 2 is 1.53 bits per heavy atom. The first-order valence-corrected chi connectivity index (χ1v) is 10.6. The number of carbonyl (C=O) groups is 1. The van der Waals surface area contributed by atoms with Gasteiger partial charge in [0.15, 0.2) is 12.0 Å². The van der Waals surface area contributed by atoms with E-state index in [1.807, 2.05) is 48.5 Å². The molecule has 0 spiro atoms. The topological polar surface area (TPSA) is 87.2 Å². The van der Waals surface area contributed by atoms with Crippen molar-refractivity contribution in [3.8, 4) is 11.5 Å². The zero-order valence-corrected chi connectivity index (χ0v) is 18.3. The maximum absolute atomic E-state index is 12.8. The Labute approximate surface area is 190 Å². The van der Waals surface area contributed by atoms with E-state index in [-0.39, 0.29) is 24.5 Å². The fourth-order valence-corrected chi connectivity index (χ4v) is 3.85. The molecule has 0 unspecified atom stereocenters. The minimum absolute atomic E-state index is 0.0605. The molecule has 32 heavy (non-hydrogen) atoms. The molecule has 2 heterocycles. The highest BCUT2D eigenvalue weighted by molar-refractivity contribution is 9.10. The van der Waals surface area contributed by atoms with Gasteiger partial charge >= 0.3 is 5.97 Å². The molecule has 0 fully saturated rings. The number of benzene rings is 3. The van der Waals surface area contributed by atoms with Crippen molar-refractivity contribution in [3.05, 3.63) is 93.4 Å². The summed E-state index contributed by atoms with van der Waals surface area (Å²) in [6.07, 6.45) is 0. The molecule has 158 valence electrons. The van der Waals surface area contributed by atoms with Crippen molar-refractivity contribution in [1.29, 1.82) is 0 Å². The van der Waals surface area contributed by atoms with Crippen LogP contribution >= 0.6 is 15.9 Å². The number of aromatic nitrogens is 3. The van der Waals surface area contributed by atoms with E-state index in [2.05, 4.69) is 26.1 Å². The zero-order valence-electron chi connectivity index (χ0n) is 16.7. The van der Waals surface area contributed by atoms with Gasteiger partial charge in [0.05, 0.1) is 11.0 Å². The standard InChI is InChI=1S/C24H16BrN3O4/c25-16-11-9-15(10-12-16)24-27-26-21(32-24)14-31-22(29)13-28-19-7-3-1-5-17(19)23(30)18-6-2-4-8-20(18)28/h1-12H,13-14H2. The number of hydrogen-bond acceptors (Lipinski definition) is 6. The number of para-hydroxylation sites is 2. The molecule has 0 saturated heterocycles. The molecule has 0 aliphatic carbocycles. The second-order valence-corrected chi connectivity index (χ2v) is 8.03. The van der Waals surface area contributed by atoms with E-state index >= 15 is 0 Å². The van der Waals surface area contributed by atoms with Crippen LogP contribution < -0.4 is 5.43 Å². The van der Waals surface area contributed by atoms with Crippen LogP contribution in [0.5, 0.6) is 0 Å². The Morgan fingerprint density at radius 3 is 2.19 bits per heavy atom. The smallest absolute Gasteiger partial charge is 0.326 e. The van der Waals surface area contributed by atoms with Crippen LogP contribution in [0.15, 0.2) is 86.5 Å². The minimum atomic E-state index is -0.479. The normalized spacial score (nSPS) is 11.2. The third-order valence-corrected chi connectivity index (χ3v) is 5.61. The summed E-state index contributed by atoms with van der Waals surface area (Å²) in [5.41, 5.74) is 2.04. The number of halogens is 1. The summed E-state index contributed by atoms with van der Waals surface area (Å²) in [7, 11) is 0. The molecule has 0 saturated carbocycles. The van der Waals surface area contributed by atoms with Gasteiger partial charge in [-0.3, -0.25) is 9.59 Å². The number of nitrogens with zero attached hydrogens (tertiary/aromatic N) is 3. The van der Waals surface area contributed by atoms with Crippen molar-refractivity contribution in [2.45, 2.75) is 13.2 Å². The summed E-state index contributed by atoms with van der Waals surface area (Å²) < 4.78 is 13.7. The molecule has 3 aromatic carbocycles. The molecule has 0 radical (unpaired) electrons. The van der Waals surface area contributed by atoms with Crippen LogP contribution in [-0.4, -0.2) is 20.7 Å². The number of rotatable bonds is 5. The molecule has 0 aliphatic heterocycles. The summed E-state index contributed by atoms with van der Waals surface area (Å²) >= 11 is 3.38. The zero-order chi connectivity index (χ0) is 22.1. The Hall–Kier alpha value is -3.78. The monoisotopic (exact) mass is 489 g/mol. The van der Waals surface area contributed by atoms with E-state index < -0.39 is 5.97 Å². The van der Waals surface area contributed by atoms with Crippen molar-refractivity contribution in [2.24, 2.45) is 0 Å². The van der Waals surface area contributed by atoms with E-state index in [1.54, 1.807) is 28.8 Å². The molecular weight excluding hydrogens is 474 g/mol. The fourth-order valence-electron chi connectivity index (χ4n) is 3.59. The maximum atomic E-state index is 12.8. The molecule has 0 bridgehead atoms. The first-order chi connectivity index (χ1) is 15.6. The largest absolute Gasteiger partial charge is 0.454 e. The van der Waals surface area contributed by atoms with Gasteiger partial charge in [-0.15, -0.1) is 10.2 Å². The summed E-state index contributed by atoms with van der Waals surface area (Å²) in [5.74, 6) is 0.0687. The van der Waals surface area contributed by atoms with Gasteiger partial charge in [-0.2, -0.15) is 0 Å². The third-order valence-electron chi connectivity index (χ3n) is 5.08. The number of ether oxygens (including phenoxy) is 1. The van der Waals surface area contributed by atoms with Crippen LogP contribution in [0.1, 0.15) is 5.89 Å². The lowest BCUT2D eigenvalue weighted by Gasteiger charge is -2.14. The van der Waals surface area contributed by atoms with E-state index in [9.17, 15) is 9.59 Å². The summed E-state index contributed by atoms with van der Waals surface area (Å²) in [6.45, 7) is -0.201. The molecular formula is C24H16BrN3O4. The Balaban J connectivity index is 1.37. The van der Waals surface area contributed by atoms with Crippen molar-refractivity contribution in [2.75, 3.05) is 0 Å². The van der Waals surface area contributed by atoms with Crippen LogP contribution in [0.25, 0.3) is 33.3 Å². The second kappa shape index (κ2) is 8.39. The lowest BCUT2D eigenvalue weighted by molar-refractivity contribution is -0.146. The molecule has 5 aromatic rings. The number of hydrogen-bond donors (Lipinski definition) is 0. The molecule has 8 heteroatoms. The average molecular weight is 490 g/mol.